The molecule has 0 saturated heterocycles. The molecule has 1 amide bonds. The van der Waals surface area contributed by atoms with Crippen LogP contribution in [0.2, 0.25) is 0 Å². The van der Waals surface area contributed by atoms with Crippen LogP contribution >= 0.6 is 0 Å². The number of primary amides is 1. The van der Waals surface area contributed by atoms with E-state index >= 15 is 0 Å². The standard InChI is InChI=1S/C14H22N2O/c1-10(2)9-16-13(14(15)17)11(3)12-7-5-4-6-8-12/h4-8,10-11,13,16H,9H2,1-3H3,(H2,15,17). The lowest BCUT2D eigenvalue weighted by atomic mass is 9.92. The topological polar surface area (TPSA) is 55.1 Å². The molecule has 0 aliphatic rings. The van der Waals surface area contributed by atoms with E-state index in [0.29, 0.717) is 5.92 Å². The molecular formula is C14H22N2O. The summed E-state index contributed by atoms with van der Waals surface area (Å²) < 4.78 is 0. The Morgan fingerprint density at radius 1 is 1.24 bits per heavy atom. The second-order valence-corrected chi connectivity index (χ2v) is 4.88. The number of amides is 1. The largest absolute Gasteiger partial charge is 0.368 e. The van der Waals surface area contributed by atoms with Crippen LogP contribution in [0.5, 0.6) is 0 Å². The van der Waals surface area contributed by atoms with Crippen LogP contribution in [0.4, 0.5) is 0 Å². The number of rotatable bonds is 6. The third-order valence-electron chi connectivity index (χ3n) is 2.88. The van der Waals surface area contributed by atoms with Gasteiger partial charge >= 0.3 is 0 Å². The van der Waals surface area contributed by atoms with Crippen molar-refractivity contribution in [3.05, 3.63) is 35.9 Å². The maximum Gasteiger partial charge on any atom is 0.235 e. The van der Waals surface area contributed by atoms with Gasteiger partial charge in [-0.05, 0) is 18.0 Å². The molecule has 0 saturated carbocycles. The molecular weight excluding hydrogens is 212 g/mol. The molecule has 94 valence electrons. The van der Waals surface area contributed by atoms with E-state index in [1.54, 1.807) is 0 Å². The first-order valence-electron chi connectivity index (χ1n) is 6.10. The summed E-state index contributed by atoms with van der Waals surface area (Å²) in [7, 11) is 0. The molecule has 0 aliphatic carbocycles. The molecule has 2 unspecified atom stereocenters. The van der Waals surface area contributed by atoms with E-state index in [2.05, 4.69) is 19.2 Å². The summed E-state index contributed by atoms with van der Waals surface area (Å²) in [5.74, 6) is 0.300. The molecule has 17 heavy (non-hydrogen) atoms. The molecule has 1 aromatic rings. The van der Waals surface area contributed by atoms with Gasteiger partial charge in [-0.2, -0.15) is 0 Å². The molecule has 0 fully saturated rings. The van der Waals surface area contributed by atoms with E-state index in [-0.39, 0.29) is 17.9 Å². The molecule has 0 aromatic heterocycles. The minimum Gasteiger partial charge on any atom is -0.368 e. The van der Waals surface area contributed by atoms with Crippen LogP contribution in [0.1, 0.15) is 32.3 Å². The van der Waals surface area contributed by atoms with Crippen molar-refractivity contribution in [1.82, 2.24) is 5.32 Å². The van der Waals surface area contributed by atoms with Gasteiger partial charge in [0, 0.05) is 5.92 Å². The van der Waals surface area contributed by atoms with Crippen molar-refractivity contribution in [1.29, 1.82) is 0 Å². The van der Waals surface area contributed by atoms with Gasteiger partial charge in [0.15, 0.2) is 0 Å². The van der Waals surface area contributed by atoms with E-state index in [1.807, 2.05) is 37.3 Å². The van der Waals surface area contributed by atoms with Crippen molar-refractivity contribution < 1.29 is 4.79 Å². The van der Waals surface area contributed by atoms with Crippen LogP contribution < -0.4 is 11.1 Å². The van der Waals surface area contributed by atoms with Gasteiger partial charge in [-0.15, -0.1) is 0 Å². The lowest BCUT2D eigenvalue weighted by Crippen LogP contribution is -2.46. The van der Waals surface area contributed by atoms with Crippen molar-refractivity contribution in [3.8, 4) is 0 Å². The monoisotopic (exact) mass is 234 g/mol. The fourth-order valence-corrected chi connectivity index (χ4v) is 1.84. The summed E-state index contributed by atoms with van der Waals surface area (Å²) >= 11 is 0. The number of hydrogen-bond donors (Lipinski definition) is 2. The SMILES string of the molecule is CC(C)CNC(C(N)=O)C(C)c1ccccc1. The van der Waals surface area contributed by atoms with E-state index in [0.717, 1.165) is 12.1 Å². The highest BCUT2D eigenvalue weighted by atomic mass is 16.1. The zero-order chi connectivity index (χ0) is 12.8. The second kappa shape index (κ2) is 6.40. The average molecular weight is 234 g/mol. The fraction of sp³-hybridized carbons (Fsp3) is 0.500. The molecule has 3 nitrogen and oxygen atoms in total. The molecule has 0 spiro atoms. The van der Waals surface area contributed by atoms with Crippen molar-refractivity contribution in [2.75, 3.05) is 6.54 Å². The highest BCUT2D eigenvalue weighted by Gasteiger charge is 2.23. The summed E-state index contributed by atoms with van der Waals surface area (Å²) in [5, 5.41) is 3.24. The average Bonchev–Trinajstić information content (AvgIpc) is 2.29. The minimum atomic E-state index is -0.306. The first-order valence-corrected chi connectivity index (χ1v) is 6.10. The summed E-state index contributed by atoms with van der Waals surface area (Å²) in [5.41, 5.74) is 6.59. The van der Waals surface area contributed by atoms with Gasteiger partial charge in [-0.1, -0.05) is 51.1 Å². The maximum absolute atomic E-state index is 11.5. The highest BCUT2D eigenvalue weighted by molar-refractivity contribution is 5.81. The van der Waals surface area contributed by atoms with Gasteiger partial charge in [0.25, 0.3) is 0 Å². The number of nitrogens with one attached hydrogen (secondary N) is 1. The Hall–Kier alpha value is -1.35. The van der Waals surface area contributed by atoms with E-state index < -0.39 is 0 Å². The predicted octanol–water partition coefficient (Wildman–Crippen LogP) is 1.89. The minimum absolute atomic E-state index is 0.0902. The van der Waals surface area contributed by atoms with Gasteiger partial charge in [0.05, 0.1) is 6.04 Å². The van der Waals surface area contributed by atoms with E-state index in [4.69, 9.17) is 5.73 Å². The molecule has 0 radical (unpaired) electrons. The normalized spacial score (nSPS) is 14.6. The van der Waals surface area contributed by atoms with Crippen LogP contribution in [-0.2, 0) is 4.79 Å². The van der Waals surface area contributed by atoms with Crippen LogP contribution in [0.3, 0.4) is 0 Å². The van der Waals surface area contributed by atoms with Gasteiger partial charge < -0.3 is 11.1 Å². The Labute approximate surface area is 103 Å². The number of hydrogen-bond acceptors (Lipinski definition) is 2. The zero-order valence-corrected chi connectivity index (χ0v) is 10.8. The summed E-state index contributed by atoms with van der Waals surface area (Å²) in [4.78, 5) is 11.5. The van der Waals surface area contributed by atoms with Crippen LogP contribution in [0.15, 0.2) is 30.3 Å². The molecule has 1 rings (SSSR count). The number of nitrogens with two attached hydrogens (primary N) is 1. The number of benzene rings is 1. The Morgan fingerprint density at radius 2 is 1.82 bits per heavy atom. The smallest absolute Gasteiger partial charge is 0.235 e. The van der Waals surface area contributed by atoms with Crippen LogP contribution in [0.25, 0.3) is 0 Å². The third kappa shape index (κ3) is 4.19. The number of carbonyl (C=O) groups is 1. The van der Waals surface area contributed by atoms with E-state index in [9.17, 15) is 4.79 Å². The fourth-order valence-electron chi connectivity index (χ4n) is 1.84. The lowest BCUT2D eigenvalue weighted by Gasteiger charge is -2.23. The first-order chi connectivity index (χ1) is 8.02. The molecule has 3 heteroatoms. The van der Waals surface area contributed by atoms with Crippen LogP contribution in [0, 0.1) is 5.92 Å². The Kier molecular flexibility index (Phi) is 5.16. The van der Waals surface area contributed by atoms with Crippen LogP contribution in [-0.4, -0.2) is 18.5 Å². The quantitative estimate of drug-likeness (QED) is 0.789. The third-order valence-corrected chi connectivity index (χ3v) is 2.88. The van der Waals surface area contributed by atoms with Gasteiger partial charge in [0.2, 0.25) is 5.91 Å². The molecule has 0 aliphatic heterocycles. The second-order valence-electron chi connectivity index (χ2n) is 4.88. The first kappa shape index (κ1) is 13.7. The summed E-state index contributed by atoms with van der Waals surface area (Å²) in [6.45, 7) is 7.04. The van der Waals surface area contributed by atoms with Crippen molar-refractivity contribution >= 4 is 5.91 Å². The molecule has 2 atom stereocenters. The Bertz CT molecular complexity index is 348. The van der Waals surface area contributed by atoms with Crippen molar-refractivity contribution in [2.24, 2.45) is 11.7 Å². The van der Waals surface area contributed by atoms with Crippen molar-refractivity contribution in [2.45, 2.75) is 32.7 Å². The van der Waals surface area contributed by atoms with Gasteiger partial charge in [0.1, 0.15) is 0 Å². The zero-order valence-electron chi connectivity index (χ0n) is 10.8. The molecule has 3 N–H and O–H groups in total. The Balaban J connectivity index is 2.74. The molecule has 0 heterocycles. The van der Waals surface area contributed by atoms with E-state index in [1.165, 1.54) is 0 Å². The van der Waals surface area contributed by atoms with Gasteiger partial charge in [-0.3, -0.25) is 4.79 Å². The number of carbonyl (C=O) groups excluding carboxylic acids is 1. The summed E-state index contributed by atoms with van der Waals surface area (Å²) in [6, 6.07) is 9.67. The predicted molar refractivity (Wildman–Crippen MR) is 70.7 cm³/mol. The van der Waals surface area contributed by atoms with Crippen molar-refractivity contribution in [3.63, 3.8) is 0 Å². The molecule has 1 aromatic carbocycles. The highest BCUT2D eigenvalue weighted by Crippen LogP contribution is 2.18. The van der Waals surface area contributed by atoms with Gasteiger partial charge in [-0.25, -0.2) is 0 Å². The maximum atomic E-state index is 11.5. The Morgan fingerprint density at radius 3 is 2.29 bits per heavy atom. The lowest BCUT2D eigenvalue weighted by molar-refractivity contribution is -0.120. The summed E-state index contributed by atoms with van der Waals surface area (Å²) in [6.07, 6.45) is 0. The molecule has 0 bridgehead atoms.